The first kappa shape index (κ1) is 20.6. The summed E-state index contributed by atoms with van der Waals surface area (Å²) in [5.41, 5.74) is 4.41. The van der Waals surface area contributed by atoms with E-state index >= 15 is 0 Å². The molecule has 0 spiro atoms. The molecular weight excluding hydrogens is 436 g/mol. The van der Waals surface area contributed by atoms with Crippen molar-refractivity contribution in [3.63, 3.8) is 0 Å². The van der Waals surface area contributed by atoms with Crippen LogP contribution >= 0.6 is 34.9 Å². The molecule has 0 saturated carbocycles. The average Bonchev–Trinajstić information content (AvgIpc) is 3.47. The minimum absolute atomic E-state index is 0.203. The molecule has 30 heavy (non-hydrogen) atoms. The van der Waals surface area contributed by atoms with E-state index in [4.69, 9.17) is 4.42 Å². The summed E-state index contributed by atoms with van der Waals surface area (Å²) in [7, 11) is 0. The van der Waals surface area contributed by atoms with Crippen molar-refractivity contribution in [2.24, 2.45) is 5.10 Å². The molecule has 6 nitrogen and oxygen atoms in total. The van der Waals surface area contributed by atoms with Gasteiger partial charge in [-0.15, -0.1) is 10.2 Å². The number of hydrogen-bond acceptors (Lipinski definition) is 8. The second-order valence-corrected chi connectivity index (χ2v) is 9.68. The van der Waals surface area contributed by atoms with Gasteiger partial charge in [0.05, 0.1) is 12.0 Å². The quantitative estimate of drug-likeness (QED) is 0.224. The van der Waals surface area contributed by atoms with Crippen LogP contribution in [0, 0.1) is 0 Å². The Hall–Kier alpha value is -2.62. The summed E-state index contributed by atoms with van der Waals surface area (Å²) in [6.45, 7) is 1.77. The number of hydrazone groups is 1. The van der Waals surface area contributed by atoms with E-state index in [1.807, 2.05) is 6.07 Å². The summed E-state index contributed by atoms with van der Waals surface area (Å²) in [4.78, 5) is 12.0. The van der Waals surface area contributed by atoms with E-state index in [1.165, 1.54) is 39.4 Å². The minimum Gasteiger partial charge on any atom is -0.463 e. The molecule has 0 fully saturated rings. The molecule has 0 radical (unpaired) electrons. The zero-order chi connectivity index (χ0) is 20.8. The lowest BCUT2D eigenvalue weighted by molar-refractivity contribution is -0.118. The molecule has 4 rings (SSSR count). The highest BCUT2D eigenvalue weighted by molar-refractivity contribution is 8.03. The Morgan fingerprint density at radius 2 is 1.87 bits per heavy atom. The SMILES string of the molecule is CC(=NNC(=O)CSc1nnc(SCc2cccc3ccccc23)s1)c1ccco1. The van der Waals surface area contributed by atoms with Crippen molar-refractivity contribution in [1.82, 2.24) is 15.6 Å². The topological polar surface area (TPSA) is 80.4 Å². The summed E-state index contributed by atoms with van der Waals surface area (Å²) < 4.78 is 6.88. The third-order valence-corrected chi connectivity index (χ3v) is 7.41. The van der Waals surface area contributed by atoms with Crippen LogP contribution in [0.15, 0.2) is 79.1 Å². The van der Waals surface area contributed by atoms with Crippen molar-refractivity contribution in [2.75, 3.05) is 5.75 Å². The van der Waals surface area contributed by atoms with E-state index in [0.29, 0.717) is 11.5 Å². The van der Waals surface area contributed by atoms with Gasteiger partial charge in [-0.2, -0.15) is 5.10 Å². The highest BCUT2D eigenvalue weighted by Gasteiger charge is 2.10. The fraction of sp³-hybridized carbons (Fsp3) is 0.143. The number of thioether (sulfide) groups is 2. The number of aromatic nitrogens is 2. The first-order valence-corrected chi connectivity index (χ1v) is 11.9. The monoisotopic (exact) mass is 454 g/mol. The number of furan rings is 1. The molecule has 0 saturated heterocycles. The fourth-order valence-corrected chi connectivity index (χ4v) is 5.53. The molecule has 9 heteroatoms. The van der Waals surface area contributed by atoms with Crippen molar-refractivity contribution in [3.05, 3.63) is 72.2 Å². The number of hydrogen-bond donors (Lipinski definition) is 1. The lowest BCUT2D eigenvalue weighted by atomic mass is 10.1. The third-order valence-electron chi connectivity index (χ3n) is 4.17. The zero-order valence-electron chi connectivity index (χ0n) is 16.1. The predicted octanol–water partition coefficient (Wildman–Crippen LogP) is 5.21. The second kappa shape index (κ2) is 9.92. The maximum atomic E-state index is 12.0. The molecule has 0 aliphatic rings. The summed E-state index contributed by atoms with van der Waals surface area (Å²) in [5, 5.41) is 15.0. The Morgan fingerprint density at radius 1 is 1.07 bits per heavy atom. The first-order chi connectivity index (χ1) is 14.7. The summed E-state index contributed by atoms with van der Waals surface area (Å²) >= 11 is 4.50. The smallest absolute Gasteiger partial charge is 0.250 e. The molecule has 0 unspecified atom stereocenters. The molecular formula is C21H18N4O2S3. The molecule has 2 aromatic heterocycles. The van der Waals surface area contributed by atoms with Gasteiger partial charge in [-0.1, -0.05) is 77.3 Å². The van der Waals surface area contributed by atoms with E-state index in [0.717, 1.165) is 14.4 Å². The average molecular weight is 455 g/mol. The molecule has 2 aromatic carbocycles. The highest BCUT2D eigenvalue weighted by atomic mass is 32.2. The van der Waals surface area contributed by atoms with Crippen LogP contribution in [0.25, 0.3) is 10.8 Å². The van der Waals surface area contributed by atoms with Crippen LogP contribution in [0.4, 0.5) is 0 Å². The van der Waals surface area contributed by atoms with E-state index in [1.54, 1.807) is 37.1 Å². The summed E-state index contributed by atoms with van der Waals surface area (Å²) in [5.74, 6) is 1.46. The van der Waals surface area contributed by atoms with Gasteiger partial charge in [-0.05, 0) is 35.4 Å². The maximum absolute atomic E-state index is 12.0. The van der Waals surface area contributed by atoms with Gasteiger partial charge in [0.1, 0.15) is 11.5 Å². The van der Waals surface area contributed by atoms with Crippen molar-refractivity contribution in [3.8, 4) is 0 Å². The van der Waals surface area contributed by atoms with E-state index in [9.17, 15) is 4.79 Å². The molecule has 2 heterocycles. The molecule has 0 atom stereocenters. The van der Waals surface area contributed by atoms with Gasteiger partial charge >= 0.3 is 0 Å². The summed E-state index contributed by atoms with van der Waals surface area (Å²) in [6.07, 6.45) is 1.57. The predicted molar refractivity (Wildman–Crippen MR) is 123 cm³/mol. The Kier molecular flexibility index (Phi) is 6.83. The minimum atomic E-state index is -0.203. The van der Waals surface area contributed by atoms with Crippen molar-refractivity contribution in [2.45, 2.75) is 21.4 Å². The van der Waals surface area contributed by atoms with Crippen LogP contribution in [0.2, 0.25) is 0 Å². The molecule has 0 aliphatic heterocycles. The van der Waals surface area contributed by atoms with Gasteiger partial charge in [0.2, 0.25) is 0 Å². The van der Waals surface area contributed by atoms with Gasteiger partial charge in [0.15, 0.2) is 8.68 Å². The van der Waals surface area contributed by atoms with E-state index in [2.05, 4.69) is 57.1 Å². The van der Waals surface area contributed by atoms with Crippen LogP contribution < -0.4 is 5.43 Å². The Morgan fingerprint density at radius 3 is 2.70 bits per heavy atom. The van der Waals surface area contributed by atoms with Gasteiger partial charge < -0.3 is 4.42 Å². The Bertz CT molecular complexity index is 1170. The number of carbonyl (C=O) groups excluding carboxylic acids is 1. The molecule has 0 bridgehead atoms. The number of fused-ring (bicyclic) bond motifs is 1. The van der Waals surface area contributed by atoms with Crippen LogP contribution in [0.3, 0.4) is 0 Å². The van der Waals surface area contributed by atoms with Crippen molar-refractivity contribution in [1.29, 1.82) is 0 Å². The van der Waals surface area contributed by atoms with Crippen LogP contribution in [0.1, 0.15) is 18.2 Å². The van der Waals surface area contributed by atoms with Gasteiger partial charge in [-0.3, -0.25) is 4.79 Å². The number of amides is 1. The standard InChI is InChI=1S/C21H18N4O2S3/c1-14(18-10-5-11-27-18)22-23-19(26)13-29-21-25-24-20(30-21)28-12-16-8-4-7-15-6-2-3-9-17(15)16/h2-11H,12-13H2,1H3,(H,23,26). The molecule has 4 aromatic rings. The van der Waals surface area contributed by atoms with Gasteiger partial charge in [0, 0.05) is 5.75 Å². The summed E-state index contributed by atoms with van der Waals surface area (Å²) in [6, 6.07) is 18.3. The van der Waals surface area contributed by atoms with E-state index < -0.39 is 0 Å². The lowest BCUT2D eigenvalue weighted by Crippen LogP contribution is -2.21. The number of carbonyl (C=O) groups is 1. The lowest BCUT2D eigenvalue weighted by Gasteiger charge is -2.04. The normalized spacial score (nSPS) is 11.7. The van der Waals surface area contributed by atoms with Crippen molar-refractivity contribution < 1.29 is 9.21 Å². The molecule has 0 aliphatic carbocycles. The van der Waals surface area contributed by atoms with Gasteiger partial charge in [0.25, 0.3) is 5.91 Å². The first-order valence-electron chi connectivity index (χ1n) is 9.12. The molecule has 1 amide bonds. The zero-order valence-corrected chi connectivity index (χ0v) is 18.5. The van der Waals surface area contributed by atoms with Crippen molar-refractivity contribution >= 4 is 57.3 Å². The molecule has 152 valence electrons. The number of rotatable bonds is 8. The van der Waals surface area contributed by atoms with Crippen LogP contribution in [0.5, 0.6) is 0 Å². The number of benzene rings is 2. The van der Waals surface area contributed by atoms with Crippen LogP contribution in [-0.4, -0.2) is 27.6 Å². The number of nitrogens with one attached hydrogen (secondary N) is 1. The Labute approximate surface area is 186 Å². The van der Waals surface area contributed by atoms with E-state index in [-0.39, 0.29) is 11.7 Å². The second-order valence-electron chi connectivity index (χ2n) is 6.26. The fourth-order valence-electron chi connectivity index (χ4n) is 2.72. The molecule has 1 N–H and O–H groups in total. The highest BCUT2D eigenvalue weighted by Crippen LogP contribution is 2.32. The maximum Gasteiger partial charge on any atom is 0.250 e. The Balaban J connectivity index is 1.28. The van der Waals surface area contributed by atoms with Gasteiger partial charge in [-0.25, -0.2) is 5.43 Å². The largest absolute Gasteiger partial charge is 0.463 e. The third kappa shape index (κ3) is 5.29. The van der Waals surface area contributed by atoms with Crippen LogP contribution in [-0.2, 0) is 10.5 Å². The number of nitrogens with zero attached hydrogens (tertiary/aromatic N) is 3.